The van der Waals surface area contributed by atoms with E-state index < -0.39 is 0 Å². The Kier molecular flexibility index (Phi) is 4.24. The largest absolute Gasteiger partial charge is 0.354 e. The van der Waals surface area contributed by atoms with E-state index in [1.165, 1.54) is 11.1 Å². The summed E-state index contributed by atoms with van der Waals surface area (Å²) in [4.78, 5) is 14.7. The van der Waals surface area contributed by atoms with Crippen molar-refractivity contribution in [1.82, 2.24) is 20.4 Å². The minimum atomic E-state index is 0.0293. The Bertz CT molecular complexity index is 901. The molecule has 1 unspecified atom stereocenters. The molecule has 0 bridgehead atoms. The highest BCUT2D eigenvalue weighted by Gasteiger charge is 2.23. The first-order valence-corrected chi connectivity index (χ1v) is 8.66. The number of benzene rings is 2. The van der Waals surface area contributed by atoms with Crippen molar-refractivity contribution in [3.63, 3.8) is 0 Å². The summed E-state index contributed by atoms with van der Waals surface area (Å²) in [6.45, 7) is 1.59. The fourth-order valence-corrected chi connectivity index (χ4v) is 3.55. The second kappa shape index (κ2) is 6.69. The topological polar surface area (TPSA) is 61.0 Å². The SMILES string of the molecule is CN1Cc2ccccc2CC1CNC(=O)Cc1[nH]nc2ccccc12. The van der Waals surface area contributed by atoms with Gasteiger partial charge in [0.25, 0.3) is 0 Å². The number of carbonyl (C=O) groups excluding carboxylic acids is 1. The molecule has 1 atom stereocenters. The van der Waals surface area contributed by atoms with Crippen molar-refractivity contribution >= 4 is 16.8 Å². The predicted octanol–water partition coefficient (Wildman–Crippen LogP) is 2.28. The zero-order valence-corrected chi connectivity index (χ0v) is 14.3. The number of likely N-dealkylation sites (N-methyl/N-ethyl adjacent to an activating group) is 1. The van der Waals surface area contributed by atoms with Crippen molar-refractivity contribution in [3.8, 4) is 0 Å². The van der Waals surface area contributed by atoms with Crippen molar-refractivity contribution in [2.45, 2.75) is 25.4 Å². The first-order valence-electron chi connectivity index (χ1n) is 8.66. The minimum Gasteiger partial charge on any atom is -0.354 e. The quantitative estimate of drug-likeness (QED) is 0.769. The molecule has 1 aliphatic rings. The van der Waals surface area contributed by atoms with Crippen LogP contribution in [-0.2, 0) is 24.2 Å². The van der Waals surface area contributed by atoms with E-state index >= 15 is 0 Å². The molecule has 0 saturated heterocycles. The van der Waals surface area contributed by atoms with Gasteiger partial charge < -0.3 is 5.32 Å². The van der Waals surface area contributed by atoms with Gasteiger partial charge in [-0.05, 0) is 30.7 Å². The summed E-state index contributed by atoms with van der Waals surface area (Å²) in [5.74, 6) is 0.0293. The summed E-state index contributed by atoms with van der Waals surface area (Å²) in [6.07, 6.45) is 1.30. The van der Waals surface area contributed by atoms with Crippen LogP contribution in [0.3, 0.4) is 0 Å². The standard InChI is InChI=1S/C20H22N4O/c1-24-13-15-7-3-2-6-14(15)10-16(24)12-21-20(25)11-19-17-8-4-5-9-18(17)22-23-19/h2-9,16H,10-13H2,1H3,(H,21,25)(H,22,23). The van der Waals surface area contributed by atoms with Gasteiger partial charge in [0.05, 0.1) is 17.6 Å². The first kappa shape index (κ1) is 15.8. The summed E-state index contributed by atoms with van der Waals surface area (Å²) in [7, 11) is 2.12. The Hall–Kier alpha value is -2.66. The molecule has 0 fully saturated rings. The van der Waals surface area contributed by atoms with Gasteiger partial charge in [-0.3, -0.25) is 14.8 Å². The lowest BCUT2D eigenvalue weighted by molar-refractivity contribution is -0.120. The second-order valence-corrected chi connectivity index (χ2v) is 6.74. The van der Waals surface area contributed by atoms with Gasteiger partial charge in [-0.15, -0.1) is 0 Å². The Balaban J connectivity index is 1.37. The van der Waals surface area contributed by atoms with Gasteiger partial charge in [-0.1, -0.05) is 42.5 Å². The van der Waals surface area contributed by atoms with Crippen LogP contribution in [0.5, 0.6) is 0 Å². The first-order chi connectivity index (χ1) is 12.2. The molecule has 2 N–H and O–H groups in total. The number of hydrogen-bond donors (Lipinski definition) is 2. The Morgan fingerprint density at radius 1 is 1.20 bits per heavy atom. The molecule has 1 aromatic heterocycles. The molecule has 0 saturated carbocycles. The van der Waals surface area contributed by atoms with Gasteiger partial charge in [-0.2, -0.15) is 5.10 Å². The number of nitrogens with one attached hydrogen (secondary N) is 2. The highest BCUT2D eigenvalue weighted by atomic mass is 16.1. The molecule has 0 spiro atoms. The van der Waals surface area contributed by atoms with E-state index in [0.29, 0.717) is 19.0 Å². The Labute approximate surface area is 147 Å². The average Bonchev–Trinajstić information content (AvgIpc) is 3.03. The normalized spacial score (nSPS) is 17.4. The maximum absolute atomic E-state index is 12.4. The molecule has 4 rings (SSSR count). The van der Waals surface area contributed by atoms with Crippen LogP contribution in [0.2, 0.25) is 0 Å². The zero-order valence-electron chi connectivity index (χ0n) is 14.3. The van der Waals surface area contributed by atoms with E-state index in [4.69, 9.17) is 0 Å². The van der Waals surface area contributed by atoms with Gasteiger partial charge in [0.15, 0.2) is 0 Å². The lowest BCUT2D eigenvalue weighted by atomic mass is 9.94. The molecule has 0 radical (unpaired) electrons. The number of para-hydroxylation sites is 1. The van der Waals surface area contributed by atoms with E-state index in [0.717, 1.165) is 29.6 Å². The third-order valence-electron chi connectivity index (χ3n) is 5.03. The van der Waals surface area contributed by atoms with Crippen molar-refractivity contribution in [2.24, 2.45) is 0 Å². The van der Waals surface area contributed by atoms with Gasteiger partial charge in [0, 0.05) is 24.5 Å². The molecule has 128 valence electrons. The molecule has 2 aromatic carbocycles. The minimum absolute atomic E-state index is 0.0293. The van der Waals surface area contributed by atoms with E-state index in [2.05, 4.69) is 51.7 Å². The monoisotopic (exact) mass is 334 g/mol. The molecular formula is C20H22N4O. The maximum atomic E-state index is 12.4. The van der Waals surface area contributed by atoms with Crippen molar-refractivity contribution in [2.75, 3.05) is 13.6 Å². The number of H-pyrrole nitrogens is 1. The van der Waals surface area contributed by atoms with Crippen LogP contribution in [0.15, 0.2) is 48.5 Å². The summed E-state index contributed by atoms with van der Waals surface area (Å²) in [5.41, 5.74) is 4.54. The second-order valence-electron chi connectivity index (χ2n) is 6.74. The lowest BCUT2D eigenvalue weighted by Gasteiger charge is -2.34. The fraction of sp³-hybridized carbons (Fsp3) is 0.300. The molecule has 1 aliphatic heterocycles. The van der Waals surface area contributed by atoms with E-state index in [-0.39, 0.29) is 5.91 Å². The number of amides is 1. The van der Waals surface area contributed by atoms with E-state index in [1.807, 2.05) is 24.3 Å². The molecule has 0 aliphatic carbocycles. The molecular weight excluding hydrogens is 312 g/mol. The Morgan fingerprint density at radius 3 is 2.84 bits per heavy atom. The van der Waals surface area contributed by atoms with Crippen LogP contribution >= 0.6 is 0 Å². The average molecular weight is 334 g/mol. The molecule has 3 aromatic rings. The van der Waals surface area contributed by atoms with Gasteiger partial charge >= 0.3 is 0 Å². The zero-order chi connectivity index (χ0) is 17.2. The summed E-state index contributed by atoms with van der Waals surface area (Å²) < 4.78 is 0. The van der Waals surface area contributed by atoms with Crippen molar-refractivity contribution in [1.29, 1.82) is 0 Å². The fourth-order valence-electron chi connectivity index (χ4n) is 3.55. The number of aromatic nitrogens is 2. The number of rotatable bonds is 4. The summed E-state index contributed by atoms with van der Waals surface area (Å²) in [5, 5.41) is 11.3. The Morgan fingerprint density at radius 2 is 1.96 bits per heavy atom. The van der Waals surface area contributed by atoms with Crippen LogP contribution in [0, 0.1) is 0 Å². The van der Waals surface area contributed by atoms with E-state index in [9.17, 15) is 4.79 Å². The van der Waals surface area contributed by atoms with Gasteiger partial charge in [-0.25, -0.2) is 0 Å². The van der Waals surface area contributed by atoms with Crippen LogP contribution in [0.25, 0.3) is 10.9 Å². The maximum Gasteiger partial charge on any atom is 0.226 e. The smallest absolute Gasteiger partial charge is 0.226 e. The molecule has 1 amide bonds. The van der Waals surface area contributed by atoms with Crippen LogP contribution < -0.4 is 5.32 Å². The van der Waals surface area contributed by atoms with Crippen LogP contribution in [0.4, 0.5) is 0 Å². The van der Waals surface area contributed by atoms with Crippen molar-refractivity contribution < 1.29 is 4.79 Å². The number of fused-ring (bicyclic) bond motifs is 2. The number of carbonyl (C=O) groups is 1. The highest BCUT2D eigenvalue weighted by Crippen LogP contribution is 2.21. The third kappa shape index (κ3) is 3.28. The summed E-state index contributed by atoms with van der Waals surface area (Å²) in [6, 6.07) is 16.7. The molecule has 2 heterocycles. The number of hydrogen-bond acceptors (Lipinski definition) is 3. The predicted molar refractivity (Wildman–Crippen MR) is 98.2 cm³/mol. The molecule has 5 nitrogen and oxygen atoms in total. The summed E-state index contributed by atoms with van der Waals surface area (Å²) >= 11 is 0. The van der Waals surface area contributed by atoms with E-state index in [1.54, 1.807) is 0 Å². The number of nitrogens with zero attached hydrogens (tertiary/aromatic N) is 2. The lowest BCUT2D eigenvalue weighted by Crippen LogP contribution is -2.45. The number of aromatic amines is 1. The van der Waals surface area contributed by atoms with Gasteiger partial charge in [0.2, 0.25) is 5.91 Å². The molecule has 25 heavy (non-hydrogen) atoms. The highest BCUT2D eigenvalue weighted by molar-refractivity contribution is 5.87. The van der Waals surface area contributed by atoms with Crippen LogP contribution in [-0.4, -0.2) is 40.6 Å². The van der Waals surface area contributed by atoms with Crippen LogP contribution in [0.1, 0.15) is 16.8 Å². The molecule has 5 heteroatoms. The van der Waals surface area contributed by atoms with Gasteiger partial charge in [0.1, 0.15) is 0 Å². The third-order valence-corrected chi connectivity index (χ3v) is 5.03. The van der Waals surface area contributed by atoms with Crippen molar-refractivity contribution in [3.05, 3.63) is 65.4 Å².